The van der Waals surface area contributed by atoms with Crippen molar-refractivity contribution in [2.45, 2.75) is 19.3 Å². The second-order valence-corrected chi connectivity index (χ2v) is 5.02. The van der Waals surface area contributed by atoms with E-state index in [1.54, 1.807) is 0 Å². The van der Waals surface area contributed by atoms with E-state index in [4.69, 9.17) is 5.73 Å². The summed E-state index contributed by atoms with van der Waals surface area (Å²) >= 11 is 0. The second kappa shape index (κ2) is 5.96. The summed E-state index contributed by atoms with van der Waals surface area (Å²) in [5.74, 6) is 0.182. The van der Waals surface area contributed by atoms with Crippen LogP contribution in [0.15, 0.2) is 24.3 Å². The quantitative estimate of drug-likeness (QED) is 0.881. The number of nitrogens with zero attached hydrogens (tertiary/aromatic N) is 1. The van der Waals surface area contributed by atoms with Gasteiger partial charge in [0, 0.05) is 0 Å². The third kappa shape index (κ3) is 3.81. The molecule has 0 saturated carbocycles. The Kier molecular flexibility index (Phi) is 4.31. The summed E-state index contributed by atoms with van der Waals surface area (Å²) in [5.41, 5.74) is 6.36. The zero-order valence-corrected chi connectivity index (χ0v) is 10.4. The monoisotopic (exact) mass is 250 g/mol. The number of piperidine rings is 1. The minimum Gasteiger partial charge on any atom is -0.369 e. The normalized spacial score (nSPS) is 17.8. The first-order valence-corrected chi connectivity index (χ1v) is 6.38. The number of amides is 1. The lowest BCUT2D eigenvalue weighted by Gasteiger charge is -2.31. The Morgan fingerprint density at radius 2 is 1.89 bits per heavy atom. The molecule has 1 aliphatic heterocycles. The van der Waals surface area contributed by atoms with Gasteiger partial charge in [-0.3, -0.25) is 9.69 Å². The standard InChI is InChI=1S/C14H19FN2O/c15-13-3-1-11(2-4-13)9-12-5-7-17(8-6-12)10-14(16)18/h1-4,12H,5-10H2,(H2,16,18). The lowest BCUT2D eigenvalue weighted by molar-refractivity contribution is -0.119. The molecule has 4 heteroatoms. The first-order chi connectivity index (χ1) is 8.63. The van der Waals surface area contributed by atoms with Gasteiger partial charge in [0.1, 0.15) is 5.82 Å². The molecule has 2 rings (SSSR count). The molecule has 18 heavy (non-hydrogen) atoms. The third-order valence-corrected chi connectivity index (χ3v) is 3.52. The van der Waals surface area contributed by atoms with Crippen LogP contribution in [-0.2, 0) is 11.2 Å². The number of hydrogen-bond acceptors (Lipinski definition) is 2. The lowest BCUT2D eigenvalue weighted by atomic mass is 9.90. The molecule has 1 aliphatic rings. The molecule has 1 aromatic carbocycles. The molecule has 1 aromatic rings. The van der Waals surface area contributed by atoms with Crippen molar-refractivity contribution in [3.8, 4) is 0 Å². The number of primary amides is 1. The van der Waals surface area contributed by atoms with E-state index in [1.165, 1.54) is 17.7 Å². The summed E-state index contributed by atoms with van der Waals surface area (Å²) in [5, 5.41) is 0. The predicted molar refractivity (Wildman–Crippen MR) is 68.5 cm³/mol. The Morgan fingerprint density at radius 3 is 2.44 bits per heavy atom. The van der Waals surface area contributed by atoms with Crippen LogP contribution in [-0.4, -0.2) is 30.4 Å². The molecule has 0 aliphatic carbocycles. The number of carbonyl (C=O) groups excluding carboxylic acids is 1. The maximum absolute atomic E-state index is 12.8. The number of benzene rings is 1. The van der Waals surface area contributed by atoms with Crippen molar-refractivity contribution in [3.63, 3.8) is 0 Å². The third-order valence-electron chi connectivity index (χ3n) is 3.52. The molecular weight excluding hydrogens is 231 g/mol. The molecule has 0 radical (unpaired) electrons. The van der Waals surface area contributed by atoms with Crippen LogP contribution in [0, 0.1) is 11.7 Å². The molecule has 0 spiro atoms. The van der Waals surface area contributed by atoms with Crippen LogP contribution < -0.4 is 5.73 Å². The number of halogens is 1. The predicted octanol–water partition coefficient (Wildman–Crippen LogP) is 1.57. The maximum atomic E-state index is 12.8. The van der Waals surface area contributed by atoms with Crippen LogP contribution >= 0.6 is 0 Å². The van der Waals surface area contributed by atoms with Gasteiger partial charge in [-0.15, -0.1) is 0 Å². The largest absolute Gasteiger partial charge is 0.369 e. The van der Waals surface area contributed by atoms with Crippen molar-refractivity contribution in [1.82, 2.24) is 4.90 Å². The van der Waals surface area contributed by atoms with Gasteiger partial charge in [0.05, 0.1) is 6.54 Å². The van der Waals surface area contributed by atoms with Crippen LogP contribution in [0.1, 0.15) is 18.4 Å². The summed E-state index contributed by atoms with van der Waals surface area (Å²) in [4.78, 5) is 12.9. The van der Waals surface area contributed by atoms with Gasteiger partial charge in [0.25, 0.3) is 0 Å². The fourth-order valence-electron chi connectivity index (χ4n) is 2.52. The average molecular weight is 250 g/mol. The van der Waals surface area contributed by atoms with E-state index >= 15 is 0 Å². The fourth-order valence-corrected chi connectivity index (χ4v) is 2.52. The first-order valence-electron chi connectivity index (χ1n) is 6.38. The number of rotatable bonds is 4. The molecule has 1 heterocycles. The number of hydrogen-bond donors (Lipinski definition) is 1. The summed E-state index contributed by atoms with van der Waals surface area (Å²) < 4.78 is 12.8. The molecular formula is C14H19FN2O. The molecule has 0 aromatic heterocycles. The molecule has 1 fully saturated rings. The van der Waals surface area contributed by atoms with Gasteiger partial charge in [-0.25, -0.2) is 4.39 Å². The van der Waals surface area contributed by atoms with Crippen LogP contribution in [0.4, 0.5) is 4.39 Å². The van der Waals surface area contributed by atoms with E-state index in [0.717, 1.165) is 32.4 Å². The van der Waals surface area contributed by atoms with Gasteiger partial charge < -0.3 is 5.73 Å². The average Bonchev–Trinajstić information content (AvgIpc) is 2.34. The molecule has 98 valence electrons. The maximum Gasteiger partial charge on any atom is 0.231 e. The Morgan fingerprint density at radius 1 is 1.28 bits per heavy atom. The second-order valence-electron chi connectivity index (χ2n) is 5.02. The Balaban J connectivity index is 1.79. The SMILES string of the molecule is NC(=O)CN1CCC(Cc2ccc(F)cc2)CC1. The van der Waals surface area contributed by atoms with Crippen LogP contribution in [0.25, 0.3) is 0 Å². The van der Waals surface area contributed by atoms with Gasteiger partial charge in [-0.1, -0.05) is 12.1 Å². The summed E-state index contributed by atoms with van der Waals surface area (Å²) in [6, 6.07) is 6.73. The van der Waals surface area contributed by atoms with E-state index in [-0.39, 0.29) is 11.7 Å². The minimum absolute atomic E-state index is 0.185. The highest BCUT2D eigenvalue weighted by Crippen LogP contribution is 2.21. The molecule has 1 amide bonds. The summed E-state index contributed by atoms with van der Waals surface area (Å²) in [6.07, 6.45) is 3.14. The number of carbonyl (C=O) groups is 1. The van der Waals surface area contributed by atoms with Crippen molar-refractivity contribution in [1.29, 1.82) is 0 Å². The van der Waals surface area contributed by atoms with Gasteiger partial charge in [0.15, 0.2) is 0 Å². The fraction of sp³-hybridized carbons (Fsp3) is 0.500. The molecule has 0 unspecified atom stereocenters. The zero-order valence-electron chi connectivity index (χ0n) is 10.4. The highest BCUT2D eigenvalue weighted by Gasteiger charge is 2.20. The van der Waals surface area contributed by atoms with Crippen LogP contribution in [0.2, 0.25) is 0 Å². The topological polar surface area (TPSA) is 46.3 Å². The van der Waals surface area contributed by atoms with Crippen molar-refractivity contribution in [3.05, 3.63) is 35.6 Å². The first kappa shape index (κ1) is 13.0. The van der Waals surface area contributed by atoms with Crippen LogP contribution in [0.3, 0.4) is 0 Å². The summed E-state index contributed by atoms with van der Waals surface area (Å²) in [6.45, 7) is 2.22. The van der Waals surface area contributed by atoms with Gasteiger partial charge in [-0.2, -0.15) is 0 Å². The minimum atomic E-state index is -0.257. The summed E-state index contributed by atoms with van der Waals surface area (Å²) in [7, 11) is 0. The van der Waals surface area contributed by atoms with E-state index in [9.17, 15) is 9.18 Å². The number of likely N-dealkylation sites (tertiary alicyclic amines) is 1. The lowest BCUT2D eigenvalue weighted by Crippen LogP contribution is -2.39. The van der Waals surface area contributed by atoms with Crippen molar-refractivity contribution >= 4 is 5.91 Å². The molecule has 1 saturated heterocycles. The van der Waals surface area contributed by atoms with Crippen molar-refractivity contribution < 1.29 is 9.18 Å². The Hall–Kier alpha value is -1.42. The van der Waals surface area contributed by atoms with Gasteiger partial charge in [0.2, 0.25) is 5.91 Å². The number of nitrogens with two attached hydrogens (primary N) is 1. The van der Waals surface area contributed by atoms with E-state index in [2.05, 4.69) is 4.90 Å². The molecule has 3 nitrogen and oxygen atoms in total. The smallest absolute Gasteiger partial charge is 0.231 e. The zero-order chi connectivity index (χ0) is 13.0. The molecule has 0 bridgehead atoms. The Labute approximate surface area is 107 Å². The van der Waals surface area contributed by atoms with E-state index in [1.807, 2.05) is 12.1 Å². The van der Waals surface area contributed by atoms with Crippen molar-refractivity contribution in [2.75, 3.05) is 19.6 Å². The van der Waals surface area contributed by atoms with E-state index < -0.39 is 0 Å². The highest BCUT2D eigenvalue weighted by molar-refractivity contribution is 5.75. The van der Waals surface area contributed by atoms with Gasteiger partial charge in [-0.05, 0) is 56.0 Å². The molecule has 2 N–H and O–H groups in total. The molecule has 0 atom stereocenters. The highest BCUT2D eigenvalue weighted by atomic mass is 19.1. The Bertz CT molecular complexity index is 397. The van der Waals surface area contributed by atoms with Crippen molar-refractivity contribution in [2.24, 2.45) is 11.7 Å². The van der Waals surface area contributed by atoms with E-state index in [0.29, 0.717) is 12.5 Å². The van der Waals surface area contributed by atoms with Gasteiger partial charge >= 0.3 is 0 Å². The van der Waals surface area contributed by atoms with Crippen LogP contribution in [0.5, 0.6) is 0 Å².